The summed E-state index contributed by atoms with van der Waals surface area (Å²) in [6.07, 6.45) is 0.257. The summed E-state index contributed by atoms with van der Waals surface area (Å²) in [4.78, 5) is 30.4. The Bertz CT molecular complexity index is 894. The van der Waals surface area contributed by atoms with Crippen LogP contribution in [0.4, 0.5) is 11.4 Å². The highest BCUT2D eigenvalue weighted by Crippen LogP contribution is 2.26. The summed E-state index contributed by atoms with van der Waals surface area (Å²) >= 11 is 6.32. The molecule has 6 nitrogen and oxygen atoms in total. The number of rotatable bonds is 5. The van der Waals surface area contributed by atoms with E-state index in [2.05, 4.69) is 4.90 Å². The first-order valence-corrected chi connectivity index (χ1v) is 10.4. The number of para-hydroxylation sites is 1. The van der Waals surface area contributed by atoms with Gasteiger partial charge in [0.25, 0.3) is 5.91 Å². The molecule has 1 atom stereocenters. The Morgan fingerprint density at radius 1 is 1.07 bits per heavy atom. The van der Waals surface area contributed by atoms with Crippen LogP contribution in [0.3, 0.4) is 0 Å². The van der Waals surface area contributed by atoms with Crippen LogP contribution in [0.5, 0.6) is 5.75 Å². The van der Waals surface area contributed by atoms with Gasteiger partial charge in [0.2, 0.25) is 5.91 Å². The normalized spacial score (nSPS) is 20.4. The molecule has 2 aromatic rings. The predicted molar refractivity (Wildman–Crippen MR) is 113 cm³/mol. The van der Waals surface area contributed by atoms with Crippen molar-refractivity contribution in [1.29, 1.82) is 0 Å². The molecule has 2 heterocycles. The largest absolute Gasteiger partial charge is 0.494 e. The average Bonchev–Trinajstić information content (AvgIpc) is 3.03. The molecule has 0 aromatic heterocycles. The molecule has 29 heavy (non-hydrogen) atoms. The number of hydrogen-bond acceptors (Lipinski definition) is 4. The van der Waals surface area contributed by atoms with E-state index in [0.717, 1.165) is 42.6 Å². The zero-order valence-corrected chi connectivity index (χ0v) is 17.2. The monoisotopic (exact) mass is 414 g/mol. The third kappa shape index (κ3) is 3.95. The van der Waals surface area contributed by atoms with Gasteiger partial charge >= 0.3 is 0 Å². The van der Waals surface area contributed by atoms with E-state index >= 15 is 0 Å². The molecule has 2 aliphatic rings. The minimum Gasteiger partial charge on any atom is -0.494 e. The molecule has 2 aliphatic heterocycles. The second-order valence-electron chi connectivity index (χ2n) is 7.35. The van der Waals surface area contributed by atoms with Crippen molar-refractivity contribution < 1.29 is 19.2 Å². The van der Waals surface area contributed by atoms with Gasteiger partial charge < -0.3 is 14.5 Å². The van der Waals surface area contributed by atoms with Crippen molar-refractivity contribution in [2.75, 3.05) is 42.6 Å². The number of ether oxygens (including phenoxy) is 1. The van der Waals surface area contributed by atoms with Gasteiger partial charge in [-0.2, -0.15) is 0 Å². The molecular formula is C22H25ClN3O3+. The van der Waals surface area contributed by atoms with Gasteiger partial charge in [0, 0.05) is 0 Å². The lowest BCUT2D eigenvalue weighted by molar-refractivity contribution is -0.915. The van der Waals surface area contributed by atoms with Gasteiger partial charge in [-0.25, -0.2) is 4.90 Å². The number of quaternary nitrogens is 1. The number of anilines is 2. The molecular weight excluding hydrogens is 390 g/mol. The van der Waals surface area contributed by atoms with Gasteiger partial charge in [-0.3, -0.25) is 9.59 Å². The second kappa shape index (κ2) is 8.43. The van der Waals surface area contributed by atoms with E-state index < -0.39 is 0 Å². The number of hydrogen-bond donors (Lipinski definition) is 1. The van der Waals surface area contributed by atoms with Crippen molar-refractivity contribution in [3.05, 3.63) is 53.6 Å². The van der Waals surface area contributed by atoms with E-state index in [9.17, 15) is 9.59 Å². The molecule has 7 heteroatoms. The van der Waals surface area contributed by atoms with E-state index in [1.807, 2.05) is 31.2 Å². The van der Waals surface area contributed by atoms with Crippen molar-refractivity contribution in [1.82, 2.24) is 0 Å². The highest BCUT2D eigenvalue weighted by Gasteiger charge is 2.46. The number of amides is 2. The van der Waals surface area contributed by atoms with Gasteiger partial charge in [-0.05, 0) is 43.3 Å². The van der Waals surface area contributed by atoms with Crippen LogP contribution in [0.25, 0.3) is 0 Å². The van der Waals surface area contributed by atoms with Crippen molar-refractivity contribution >= 4 is 34.8 Å². The molecule has 0 radical (unpaired) electrons. The summed E-state index contributed by atoms with van der Waals surface area (Å²) in [5.41, 5.74) is 1.64. The van der Waals surface area contributed by atoms with Gasteiger partial charge in [0.15, 0.2) is 6.04 Å². The molecule has 4 rings (SSSR count). The second-order valence-corrected chi connectivity index (χ2v) is 7.75. The SMILES string of the molecule is CCOc1ccc(N2C(=O)C[C@@H]([NH+]3CCN(c4ccccc4Cl)CC3)C2=O)cc1. The number of piperazine rings is 1. The molecule has 1 N–H and O–H groups in total. The maximum Gasteiger partial charge on any atom is 0.292 e. The van der Waals surface area contributed by atoms with E-state index in [-0.39, 0.29) is 24.3 Å². The van der Waals surface area contributed by atoms with Gasteiger partial charge in [0.05, 0.1) is 55.6 Å². The van der Waals surface area contributed by atoms with Crippen LogP contribution < -0.4 is 19.4 Å². The first kappa shape index (κ1) is 19.7. The standard InChI is InChI=1S/C22H24ClN3O3/c1-2-29-17-9-7-16(8-10-17)26-21(27)15-20(22(26)28)25-13-11-24(12-14-25)19-6-4-3-5-18(19)23/h3-10,20H,2,11-15H2,1H3/p+1/t20-/m1/s1. The number of benzene rings is 2. The zero-order chi connectivity index (χ0) is 20.4. The lowest BCUT2D eigenvalue weighted by Crippen LogP contribution is -3.19. The first-order valence-electron chi connectivity index (χ1n) is 10.0. The van der Waals surface area contributed by atoms with Gasteiger partial charge in [-0.1, -0.05) is 23.7 Å². The van der Waals surface area contributed by atoms with Crippen molar-refractivity contribution in [2.45, 2.75) is 19.4 Å². The Hall–Kier alpha value is -2.57. The predicted octanol–water partition coefficient (Wildman–Crippen LogP) is 1.78. The Kier molecular flexibility index (Phi) is 5.74. The Labute approximate surface area is 175 Å². The maximum atomic E-state index is 13.1. The zero-order valence-electron chi connectivity index (χ0n) is 16.4. The smallest absolute Gasteiger partial charge is 0.292 e. The molecule has 0 aliphatic carbocycles. The Balaban J connectivity index is 1.42. The van der Waals surface area contributed by atoms with E-state index in [0.29, 0.717) is 12.3 Å². The van der Waals surface area contributed by atoms with Crippen LogP contribution in [0.2, 0.25) is 5.02 Å². The molecule has 2 fully saturated rings. The van der Waals surface area contributed by atoms with Crippen LogP contribution in [-0.4, -0.2) is 50.6 Å². The molecule has 0 spiro atoms. The summed E-state index contributed by atoms with van der Waals surface area (Å²) in [6, 6.07) is 14.6. The highest BCUT2D eigenvalue weighted by atomic mass is 35.5. The topological polar surface area (TPSA) is 54.3 Å². The van der Waals surface area contributed by atoms with Gasteiger partial charge in [-0.15, -0.1) is 0 Å². The lowest BCUT2D eigenvalue weighted by atomic mass is 10.1. The van der Waals surface area contributed by atoms with Crippen molar-refractivity contribution in [3.8, 4) is 5.75 Å². The van der Waals surface area contributed by atoms with Crippen molar-refractivity contribution in [3.63, 3.8) is 0 Å². The molecule has 0 saturated carbocycles. The van der Waals surface area contributed by atoms with Crippen molar-refractivity contribution in [2.24, 2.45) is 0 Å². The summed E-state index contributed by atoms with van der Waals surface area (Å²) in [5.74, 6) is 0.485. The lowest BCUT2D eigenvalue weighted by Gasteiger charge is -2.36. The molecule has 2 amide bonds. The van der Waals surface area contributed by atoms with Crippen LogP contribution >= 0.6 is 11.6 Å². The van der Waals surface area contributed by atoms with Gasteiger partial charge in [0.1, 0.15) is 5.75 Å². The number of halogens is 1. The number of carbonyl (C=O) groups excluding carboxylic acids is 2. The van der Waals surface area contributed by atoms with Crippen LogP contribution in [0, 0.1) is 0 Å². The fraction of sp³-hybridized carbons (Fsp3) is 0.364. The van der Waals surface area contributed by atoms with Crippen LogP contribution in [-0.2, 0) is 9.59 Å². The molecule has 152 valence electrons. The quantitative estimate of drug-likeness (QED) is 0.758. The van der Waals surface area contributed by atoms with E-state index in [4.69, 9.17) is 16.3 Å². The summed E-state index contributed by atoms with van der Waals surface area (Å²) in [6.45, 7) is 5.70. The highest BCUT2D eigenvalue weighted by molar-refractivity contribution is 6.33. The summed E-state index contributed by atoms with van der Waals surface area (Å²) in [5, 5.41) is 0.741. The fourth-order valence-corrected chi connectivity index (χ4v) is 4.43. The van der Waals surface area contributed by atoms with Crippen LogP contribution in [0.1, 0.15) is 13.3 Å². The number of nitrogens with zero attached hydrogens (tertiary/aromatic N) is 2. The average molecular weight is 415 g/mol. The molecule has 2 saturated heterocycles. The Morgan fingerprint density at radius 2 is 1.76 bits per heavy atom. The number of nitrogens with one attached hydrogen (secondary N) is 1. The third-order valence-corrected chi connectivity index (χ3v) is 5.96. The minimum absolute atomic E-state index is 0.111. The first-order chi connectivity index (χ1) is 14.1. The Morgan fingerprint density at radius 3 is 2.41 bits per heavy atom. The third-order valence-electron chi connectivity index (χ3n) is 5.64. The molecule has 0 bridgehead atoms. The minimum atomic E-state index is -0.317. The molecule has 0 unspecified atom stereocenters. The maximum absolute atomic E-state index is 13.1. The van der Waals surface area contributed by atoms with E-state index in [1.165, 1.54) is 9.80 Å². The van der Waals surface area contributed by atoms with E-state index in [1.54, 1.807) is 24.3 Å². The fourth-order valence-electron chi connectivity index (χ4n) is 4.17. The summed E-state index contributed by atoms with van der Waals surface area (Å²) < 4.78 is 5.44. The molecule has 2 aromatic carbocycles. The summed E-state index contributed by atoms with van der Waals surface area (Å²) in [7, 11) is 0. The van der Waals surface area contributed by atoms with Crippen LogP contribution in [0.15, 0.2) is 48.5 Å². The number of carbonyl (C=O) groups is 2. The number of imide groups is 1.